The lowest BCUT2D eigenvalue weighted by Gasteiger charge is -2.25. The molecule has 0 saturated heterocycles. The summed E-state index contributed by atoms with van der Waals surface area (Å²) >= 11 is 0. The van der Waals surface area contributed by atoms with Crippen molar-refractivity contribution in [2.75, 3.05) is 0 Å². The van der Waals surface area contributed by atoms with Crippen molar-refractivity contribution in [3.8, 4) is 0 Å². The van der Waals surface area contributed by atoms with E-state index < -0.39 is 12.0 Å². The number of amides is 2. The molecule has 0 heterocycles. The second-order valence-electron chi connectivity index (χ2n) is 5.90. The fourth-order valence-corrected chi connectivity index (χ4v) is 2.57. The molecule has 5 nitrogen and oxygen atoms in total. The number of aliphatic carboxylic acids is 1. The van der Waals surface area contributed by atoms with Crippen molar-refractivity contribution >= 4 is 12.0 Å². The number of hydrogen-bond donors (Lipinski definition) is 3. The van der Waals surface area contributed by atoms with Crippen molar-refractivity contribution < 1.29 is 14.7 Å². The molecule has 1 aliphatic rings. The van der Waals surface area contributed by atoms with E-state index >= 15 is 0 Å². The van der Waals surface area contributed by atoms with Crippen LogP contribution < -0.4 is 10.6 Å². The van der Waals surface area contributed by atoms with Gasteiger partial charge >= 0.3 is 12.0 Å². The zero-order chi connectivity index (χ0) is 14.4. The van der Waals surface area contributed by atoms with Crippen LogP contribution in [0.1, 0.15) is 52.9 Å². The average Bonchev–Trinajstić information content (AvgIpc) is 2.51. The van der Waals surface area contributed by atoms with E-state index in [9.17, 15) is 9.59 Å². The molecule has 1 rings (SSSR count). The highest BCUT2D eigenvalue weighted by atomic mass is 16.4. The normalized spacial score (nSPS) is 25.5. The Morgan fingerprint density at radius 3 is 2.37 bits per heavy atom. The Labute approximate surface area is 115 Å². The van der Waals surface area contributed by atoms with E-state index in [1.807, 2.05) is 0 Å². The third kappa shape index (κ3) is 5.09. The Hall–Kier alpha value is -1.26. The second kappa shape index (κ2) is 7.36. The molecule has 0 spiro atoms. The highest BCUT2D eigenvalue weighted by Crippen LogP contribution is 2.22. The maximum Gasteiger partial charge on any atom is 0.326 e. The molecule has 3 N–H and O–H groups in total. The van der Waals surface area contributed by atoms with Crippen LogP contribution in [-0.4, -0.2) is 29.2 Å². The Morgan fingerprint density at radius 1 is 1.16 bits per heavy atom. The minimum absolute atomic E-state index is 0.130. The third-order valence-corrected chi connectivity index (χ3v) is 3.90. The highest BCUT2D eigenvalue weighted by molar-refractivity contribution is 5.82. The molecule has 1 fully saturated rings. The van der Waals surface area contributed by atoms with Gasteiger partial charge in [-0.1, -0.05) is 40.0 Å². The molecule has 3 atom stereocenters. The number of nitrogens with one attached hydrogen (secondary N) is 2. The number of hydrogen-bond acceptors (Lipinski definition) is 2. The Balaban J connectivity index is 2.51. The van der Waals surface area contributed by atoms with Gasteiger partial charge in [0.15, 0.2) is 0 Å². The molecule has 0 bridgehead atoms. The predicted octanol–water partition coefficient (Wildman–Crippen LogP) is 2.36. The lowest BCUT2D eigenvalue weighted by Crippen LogP contribution is -2.52. The Kier molecular flexibility index (Phi) is 6.12. The molecule has 5 heteroatoms. The van der Waals surface area contributed by atoms with Crippen molar-refractivity contribution in [3.05, 3.63) is 0 Å². The lowest BCUT2D eigenvalue weighted by atomic mass is 9.97. The van der Waals surface area contributed by atoms with E-state index in [-0.39, 0.29) is 18.0 Å². The molecular weight excluding hydrogens is 244 g/mol. The Morgan fingerprint density at radius 2 is 1.79 bits per heavy atom. The maximum absolute atomic E-state index is 11.9. The number of urea groups is 1. The summed E-state index contributed by atoms with van der Waals surface area (Å²) in [6.45, 7) is 5.72. The summed E-state index contributed by atoms with van der Waals surface area (Å²) < 4.78 is 0. The molecule has 2 amide bonds. The van der Waals surface area contributed by atoms with Gasteiger partial charge < -0.3 is 15.7 Å². The van der Waals surface area contributed by atoms with Gasteiger partial charge in [0.25, 0.3) is 0 Å². The summed E-state index contributed by atoms with van der Waals surface area (Å²) in [5, 5.41) is 14.5. The van der Waals surface area contributed by atoms with Crippen LogP contribution >= 0.6 is 0 Å². The molecule has 0 aromatic carbocycles. The number of carboxylic acid groups (broad SMARTS) is 1. The van der Waals surface area contributed by atoms with Crippen molar-refractivity contribution in [1.82, 2.24) is 10.6 Å². The highest BCUT2D eigenvalue weighted by Gasteiger charge is 2.26. The first-order chi connectivity index (χ1) is 8.91. The minimum atomic E-state index is -0.987. The van der Waals surface area contributed by atoms with E-state index in [1.54, 1.807) is 13.8 Å². The largest absolute Gasteiger partial charge is 0.480 e. The van der Waals surface area contributed by atoms with Gasteiger partial charge in [-0.25, -0.2) is 9.59 Å². The van der Waals surface area contributed by atoms with E-state index in [0.717, 1.165) is 19.3 Å². The monoisotopic (exact) mass is 270 g/mol. The fourth-order valence-electron chi connectivity index (χ4n) is 2.57. The summed E-state index contributed by atoms with van der Waals surface area (Å²) in [6, 6.07) is -1.04. The minimum Gasteiger partial charge on any atom is -0.480 e. The summed E-state index contributed by atoms with van der Waals surface area (Å²) in [7, 11) is 0. The summed E-state index contributed by atoms with van der Waals surface area (Å²) in [4.78, 5) is 22.9. The van der Waals surface area contributed by atoms with Crippen LogP contribution in [0.2, 0.25) is 0 Å². The van der Waals surface area contributed by atoms with Crippen LogP contribution in [-0.2, 0) is 4.79 Å². The molecule has 0 aliphatic heterocycles. The number of rotatable bonds is 4. The molecule has 1 saturated carbocycles. The van der Waals surface area contributed by atoms with Gasteiger partial charge in [-0.05, 0) is 24.7 Å². The summed E-state index contributed by atoms with van der Waals surface area (Å²) in [5.74, 6) is -0.663. The summed E-state index contributed by atoms with van der Waals surface area (Å²) in [5.41, 5.74) is 0. The first kappa shape index (κ1) is 15.8. The smallest absolute Gasteiger partial charge is 0.326 e. The van der Waals surface area contributed by atoms with Gasteiger partial charge in [0.05, 0.1) is 0 Å². The molecular formula is C14H26N2O3. The number of carboxylic acids is 1. The van der Waals surface area contributed by atoms with Gasteiger partial charge in [-0.2, -0.15) is 0 Å². The average molecular weight is 270 g/mol. The van der Waals surface area contributed by atoms with Crippen molar-refractivity contribution in [2.45, 2.75) is 65.0 Å². The van der Waals surface area contributed by atoms with Gasteiger partial charge in [-0.3, -0.25) is 0 Å². The van der Waals surface area contributed by atoms with Crippen LogP contribution in [0.3, 0.4) is 0 Å². The van der Waals surface area contributed by atoms with Crippen molar-refractivity contribution in [2.24, 2.45) is 11.8 Å². The molecule has 1 aliphatic carbocycles. The number of carbonyl (C=O) groups excluding carboxylic acids is 1. The van der Waals surface area contributed by atoms with Crippen LogP contribution in [0, 0.1) is 11.8 Å². The topological polar surface area (TPSA) is 78.4 Å². The molecule has 19 heavy (non-hydrogen) atoms. The van der Waals surface area contributed by atoms with E-state index in [0.29, 0.717) is 5.92 Å². The first-order valence-corrected chi connectivity index (χ1v) is 7.21. The SMILES string of the molecule is CC1CCCCCC1NC(=O)N[C@H](C(=O)O)C(C)C. The van der Waals surface area contributed by atoms with Gasteiger partial charge in [-0.15, -0.1) is 0 Å². The Bertz CT molecular complexity index is 318. The molecule has 0 aromatic rings. The molecule has 110 valence electrons. The van der Waals surface area contributed by atoms with E-state index in [4.69, 9.17) is 5.11 Å². The fraction of sp³-hybridized carbons (Fsp3) is 0.857. The standard InChI is InChI=1S/C14H26N2O3/c1-9(2)12(13(17)18)16-14(19)15-11-8-6-4-5-7-10(11)3/h9-12H,4-8H2,1-3H3,(H,17,18)(H2,15,16,19)/t10?,11?,12-/m0/s1. The van der Waals surface area contributed by atoms with Crippen LogP contribution in [0.15, 0.2) is 0 Å². The van der Waals surface area contributed by atoms with Gasteiger partial charge in [0, 0.05) is 6.04 Å². The second-order valence-corrected chi connectivity index (χ2v) is 5.90. The van der Waals surface area contributed by atoms with Crippen LogP contribution in [0.25, 0.3) is 0 Å². The van der Waals surface area contributed by atoms with Crippen LogP contribution in [0.4, 0.5) is 4.79 Å². The quantitative estimate of drug-likeness (QED) is 0.686. The third-order valence-electron chi connectivity index (χ3n) is 3.90. The molecule has 0 aromatic heterocycles. The van der Waals surface area contributed by atoms with Crippen molar-refractivity contribution in [3.63, 3.8) is 0 Å². The predicted molar refractivity (Wildman–Crippen MR) is 74.0 cm³/mol. The molecule has 0 radical (unpaired) electrons. The lowest BCUT2D eigenvalue weighted by molar-refractivity contribution is -0.140. The van der Waals surface area contributed by atoms with Crippen LogP contribution in [0.5, 0.6) is 0 Å². The first-order valence-electron chi connectivity index (χ1n) is 7.21. The van der Waals surface area contributed by atoms with Gasteiger partial charge in [0.1, 0.15) is 6.04 Å². The van der Waals surface area contributed by atoms with Crippen molar-refractivity contribution in [1.29, 1.82) is 0 Å². The molecule has 2 unspecified atom stereocenters. The van der Waals surface area contributed by atoms with E-state index in [2.05, 4.69) is 17.6 Å². The zero-order valence-corrected chi connectivity index (χ0v) is 12.1. The number of carbonyl (C=O) groups is 2. The van der Waals surface area contributed by atoms with Gasteiger partial charge in [0.2, 0.25) is 0 Å². The summed E-state index contributed by atoms with van der Waals surface area (Å²) in [6.07, 6.45) is 5.66. The maximum atomic E-state index is 11.9. The zero-order valence-electron chi connectivity index (χ0n) is 12.1. The van der Waals surface area contributed by atoms with E-state index in [1.165, 1.54) is 12.8 Å².